The molecule has 2 unspecified atom stereocenters. The average Bonchev–Trinajstić information content (AvgIpc) is 2.43. The summed E-state index contributed by atoms with van der Waals surface area (Å²) in [4.78, 5) is 10.5. The molecule has 0 aliphatic carbocycles. The molecule has 5 heteroatoms. The Hall–Kier alpha value is -1.62. The summed E-state index contributed by atoms with van der Waals surface area (Å²) in [6, 6.07) is 5.12. The molecular formula is C14H22N2O3. The first-order valence-electron chi connectivity index (χ1n) is 6.52. The van der Waals surface area contributed by atoms with Crippen molar-refractivity contribution in [3.8, 4) is 5.75 Å². The van der Waals surface area contributed by atoms with Crippen LogP contribution in [0, 0.1) is 16.0 Å². The van der Waals surface area contributed by atoms with Crippen molar-refractivity contribution in [2.24, 2.45) is 5.92 Å². The summed E-state index contributed by atoms with van der Waals surface area (Å²) < 4.78 is 5.30. The number of nitrogens with one attached hydrogen (secondary N) is 1. The number of methoxy groups -OCH3 is 1. The van der Waals surface area contributed by atoms with Crippen LogP contribution < -0.4 is 10.1 Å². The molecule has 0 fully saturated rings. The fraction of sp³-hybridized carbons (Fsp3) is 0.571. The summed E-state index contributed by atoms with van der Waals surface area (Å²) in [6.07, 6.45) is 1.78. The third-order valence-electron chi connectivity index (χ3n) is 3.64. The molecule has 1 rings (SSSR count). The van der Waals surface area contributed by atoms with Gasteiger partial charge < -0.3 is 10.1 Å². The Morgan fingerprint density at radius 2 is 2.16 bits per heavy atom. The van der Waals surface area contributed by atoms with Crippen LogP contribution in [-0.4, -0.2) is 25.1 Å². The monoisotopic (exact) mass is 266 g/mol. The summed E-state index contributed by atoms with van der Waals surface area (Å²) in [6.45, 7) is 4.25. The largest absolute Gasteiger partial charge is 0.496 e. The van der Waals surface area contributed by atoms with Crippen molar-refractivity contribution in [2.45, 2.75) is 32.7 Å². The Bertz CT molecular complexity index is 435. The van der Waals surface area contributed by atoms with Gasteiger partial charge in [0, 0.05) is 23.7 Å². The molecule has 0 heterocycles. The number of nitrogens with zero attached hydrogens (tertiary/aromatic N) is 1. The second kappa shape index (κ2) is 7.09. The first-order valence-corrected chi connectivity index (χ1v) is 6.52. The van der Waals surface area contributed by atoms with E-state index in [9.17, 15) is 10.1 Å². The van der Waals surface area contributed by atoms with Crippen LogP contribution in [0.15, 0.2) is 18.2 Å². The highest BCUT2D eigenvalue weighted by molar-refractivity contribution is 5.44. The average molecular weight is 266 g/mol. The van der Waals surface area contributed by atoms with E-state index in [2.05, 4.69) is 19.2 Å². The smallest absolute Gasteiger partial charge is 0.269 e. The normalized spacial score (nSPS) is 13.9. The predicted molar refractivity (Wildman–Crippen MR) is 75.7 cm³/mol. The van der Waals surface area contributed by atoms with Crippen molar-refractivity contribution in [1.82, 2.24) is 5.32 Å². The highest BCUT2D eigenvalue weighted by atomic mass is 16.6. The molecule has 0 aliphatic rings. The lowest BCUT2D eigenvalue weighted by atomic mass is 9.90. The zero-order valence-corrected chi connectivity index (χ0v) is 12.0. The highest BCUT2D eigenvalue weighted by Gasteiger charge is 2.18. The van der Waals surface area contributed by atoms with Crippen LogP contribution >= 0.6 is 0 Å². The van der Waals surface area contributed by atoms with Gasteiger partial charge in [0.15, 0.2) is 0 Å². The van der Waals surface area contributed by atoms with Gasteiger partial charge in [-0.3, -0.25) is 10.1 Å². The topological polar surface area (TPSA) is 64.4 Å². The van der Waals surface area contributed by atoms with Gasteiger partial charge in [-0.15, -0.1) is 0 Å². The van der Waals surface area contributed by atoms with Gasteiger partial charge in [-0.05, 0) is 32.4 Å². The molecule has 5 nitrogen and oxygen atoms in total. The fourth-order valence-corrected chi connectivity index (χ4v) is 2.23. The van der Waals surface area contributed by atoms with E-state index >= 15 is 0 Å². The molecule has 0 aliphatic heterocycles. The van der Waals surface area contributed by atoms with Crippen LogP contribution in [0.2, 0.25) is 0 Å². The van der Waals surface area contributed by atoms with E-state index in [0.717, 1.165) is 18.4 Å². The number of nitro benzene ring substituents is 1. The van der Waals surface area contributed by atoms with E-state index < -0.39 is 0 Å². The second-order valence-corrected chi connectivity index (χ2v) is 4.70. The molecule has 0 saturated heterocycles. The van der Waals surface area contributed by atoms with Gasteiger partial charge in [-0.25, -0.2) is 0 Å². The summed E-state index contributed by atoms with van der Waals surface area (Å²) in [5.74, 6) is 1.13. The summed E-state index contributed by atoms with van der Waals surface area (Å²) in [7, 11) is 3.52. The molecule has 0 aromatic heterocycles. The van der Waals surface area contributed by atoms with E-state index in [-0.39, 0.29) is 10.6 Å². The van der Waals surface area contributed by atoms with Crippen LogP contribution in [0.5, 0.6) is 5.75 Å². The van der Waals surface area contributed by atoms with E-state index in [1.54, 1.807) is 19.2 Å². The van der Waals surface area contributed by atoms with Crippen molar-refractivity contribution in [3.63, 3.8) is 0 Å². The zero-order chi connectivity index (χ0) is 14.4. The molecule has 106 valence electrons. The fourth-order valence-electron chi connectivity index (χ4n) is 2.23. The Morgan fingerprint density at radius 1 is 1.47 bits per heavy atom. The van der Waals surface area contributed by atoms with Gasteiger partial charge in [-0.2, -0.15) is 0 Å². The maximum atomic E-state index is 10.9. The first kappa shape index (κ1) is 15.4. The van der Waals surface area contributed by atoms with Gasteiger partial charge in [0.2, 0.25) is 0 Å². The standard InChI is InChI=1S/C14H22N2O3/c1-5-11(10(2)15-3)8-12-9-13(16(17)18)6-7-14(12)19-4/h6-7,9-11,15H,5,8H2,1-4H3. The Balaban J connectivity index is 3.02. The predicted octanol–water partition coefficient (Wildman–Crippen LogP) is 2.78. The summed E-state index contributed by atoms with van der Waals surface area (Å²) in [5, 5.41) is 14.1. The van der Waals surface area contributed by atoms with E-state index in [4.69, 9.17) is 4.74 Å². The number of non-ortho nitro benzene ring substituents is 1. The van der Waals surface area contributed by atoms with Crippen molar-refractivity contribution < 1.29 is 9.66 Å². The number of hydrogen-bond donors (Lipinski definition) is 1. The summed E-state index contributed by atoms with van der Waals surface area (Å²) >= 11 is 0. The van der Waals surface area contributed by atoms with E-state index in [1.807, 2.05) is 7.05 Å². The third kappa shape index (κ3) is 3.92. The van der Waals surface area contributed by atoms with Crippen LogP contribution in [-0.2, 0) is 6.42 Å². The van der Waals surface area contributed by atoms with Gasteiger partial charge >= 0.3 is 0 Å². The van der Waals surface area contributed by atoms with Crippen molar-refractivity contribution in [2.75, 3.05) is 14.2 Å². The SMILES string of the molecule is CCC(Cc1cc([N+](=O)[O-])ccc1OC)C(C)NC. The molecule has 0 saturated carbocycles. The Labute approximate surface area is 114 Å². The molecular weight excluding hydrogens is 244 g/mol. The van der Waals surface area contributed by atoms with Gasteiger partial charge in [0.25, 0.3) is 5.69 Å². The Kier molecular flexibility index (Phi) is 5.76. The minimum atomic E-state index is -0.370. The minimum absolute atomic E-state index is 0.114. The lowest BCUT2D eigenvalue weighted by molar-refractivity contribution is -0.384. The molecule has 1 aromatic carbocycles. The molecule has 19 heavy (non-hydrogen) atoms. The maximum Gasteiger partial charge on any atom is 0.269 e. The second-order valence-electron chi connectivity index (χ2n) is 4.70. The molecule has 0 amide bonds. The van der Waals surface area contributed by atoms with Gasteiger partial charge in [0.05, 0.1) is 12.0 Å². The van der Waals surface area contributed by atoms with Crippen LogP contribution in [0.4, 0.5) is 5.69 Å². The molecule has 2 atom stereocenters. The number of nitro groups is 1. The maximum absolute atomic E-state index is 10.9. The Morgan fingerprint density at radius 3 is 2.63 bits per heavy atom. The zero-order valence-electron chi connectivity index (χ0n) is 12.0. The molecule has 0 spiro atoms. The van der Waals surface area contributed by atoms with Crippen LogP contribution in [0.3, 0.4) is 0 Å². The first-order chi connectivity index (χ1) is 9.03. The van der Waals surface area contributed by atoms with Gasteiger partial charge in [0.1, 0.15) is 5.75 Å². The highest BCUT2D eigenvalue weighted by Crippen LogP contribution is 2.28. The van der Waals surface area contributed by atoms with E-state index in [1.165, 1.54) is 6.07 Å². The molecule has 0 bridgehead atoms. The van der Waals surface area contributed by atoms with Crippen molar-refractivity contribution in [1.29, 1.82) is 0 Å². The minimum Gasteiger partial charge on any atom is -0.496 e. The molecule has 1 N–H and O–H groups in total. The molecule has 0 radical (unpaired) electrons. The van der Waals surface area contributed by atoms with E-state index in [0.29, 0.717) is 17.7 Å². The number of rotatable bonds is 7. The lowest BCUT2D eigenvalue weighted by Gasteiger charge is -2.23. The summed E-state index contributed by atoms with van der Waals surface area (Å²) in [5.41, 5.74) is 1.01. The van der Waals surface area contributed by atoms with Crippen molar-refractivity contribution >= 4 is 5.69 Å². The van der Waals surface area contributed by atoms with Crippen LogP contribution in [0.25, 0.3) is 0 Å². The quantitative estimate of drug-likeness (QED) is 0.609. The van der Waals surface area contributed by atoms with Crippen LogP contribution in [0.1, 0.15) is 25.8 Å². The number of benzene rings is 1. The van der Waals surface area contributed by atoms with Crippen molar-refractivity contribution in [3.05, 3.63) is 33.9 Å². The number of ether oxygens (including phenoxy) is 1. The molecule has 1 aromatic rings. The third-order valence-corrected chi connectivity index (χ3v) is 3.64. The number of hydrogen-bond acceptors (Lipinski definition) is 4. The lowest BCUT2D eigenvalue weighted by Crippen LogP contribution is -2.31. The van der Waals surface area contributed by atoms with Gasteiger partial charge in [-0.1, -0.05) is 13.3 Å².